The van der Waals surface area contributed by atoms with E-state index in [-0.39, 0.29) is 24.0 Å². The second kappa shape index (κ2) is 16.4. The van der Waals surface area contributed by atoms with Crippen molar-refractivity contribution in [2.45, 2.75) is 26.3 Å². The number of hydrogen-bond acceptors (Lipinski definition) is 4. The number of nitrogens with one attached hydrogen (secondary N) is 2. The number of guanidine groups is 1. The molecule has 0 heterocycles. The topological polar surface area (TPSA) is 64.1 Å². The van der Waals surface area contributed by atoms with Gasteiger partial charge in [-0.05, 0) is 24.1 Å². The molecule has 0 saturated carbocycles. The van der Waals surface area contributed by atoms with Crippen molar-refractivity contribution in [3.8, 4) is 5.75 Å². The fourth-order valence-corrected chi connectivity index (χ4v) is 1.96. The van der Waals surface area contributed by atoms with E-state index in [1.165, 1.54) is 5.56 Å². The summed E-state index contributed by atoms with van der Waals surface area (Å²) >= 11 is 0. The van der Waals surface area contributed by atoms with Crippen LogP contribution in [0.4, 0.5) is 0 Å². The van der Waals surface area contributed by atoms with Crippen molar-refractivity contribution in [2.24, 2.45) is 4.99 Å². The Labute approximate surface area is 168 Å². The third-order valence-corrected chi connectivity index (χ3v) is 3.40. The van der Waals surface area contributed by atoms with E-state index in [1.807, 2.05) is 24.3 Å². The van der Waals surface area contributed by atoms with Gasteiger partial charge in [0, 0.05) is 26.7 Å². The van der Waals surface area contributed by atoms with Gasteiger partial charge in [-0.2, -0.15) is 0 Å². The van der Waals surface area contributed by atoms with Gasteiger partial charge in [-0.25, -0.2) is 0 Å². The lowest BCUT2D eigenvalue weighted by Crippen LogP contribution is -2.38. The first-order valence-corrected chi connectivity index (χ1v) is 8.53. The van der Waals surface area contributed by atoms with E-state index in [9.17, 15) is 0 Å². The predicted molar refractivity (Wildman–Crippen MR) is 113 cm³/mol. The minimum Gasteiger partial charge on any atom is -0.497 e. The number of aliphatic imine (C=N–C) groups is 1. The third kappa shape index (κ3) is 12.0. The molecule has 0 aliphatic heterocycles. The molecular formula is C18H32IN3O3. The average Bonchev–Trinajstić information content (AvgIpc) is 2.63. The maximum atomic E-state index is 5.51. The highest BCUT2D eigenvalue weighted by Crippen LogP contribution is 2.10. The van der Waals surface area contributed by atoms with Crippen LogP contribution in [0.25, 0.3) is 0 Å². The fraction of sp³-hybridized carbons (Fsp3) is 0.611. The van der Waals surface area contributed by atoms with Crippen LogP contribution in [0, 0.1) is 0 Å². The van der Waals surface area contributed by atoms with E-state index in [1.54, 1.807) is 14.2 Å². The molecule has 25 heavy (non-hydrogen) atoms. The Morgan fingerprint density at radius 3 is 2.28 bits per heavy atom. The normalized spacial score (nSPS) is 10.9. The molecule has 0 aliphatic carbocycles. The monoisotopic (exact) mass is 465 g/mol. The summed E-state index contributed by atoms with van der Waals surface area (Å²) in [5.41, 5.74) is 1.17. The van der Waals surface area contributed by atoms with Crippen LogP contribution in [0.5, 0.6) is 5.75 Å². The first-order valence-electron chi connectivity index (χ1n) is 8.53. The molecule has 0 bridgehead atoms. The average molecular weight is 465 g/mol. The molecule has 0 saturated heterocycles. The highest BCUT2D eigenvalue weighted by Gasteiger charge is 1.99. The number of methoxy groups -OCH3 is 1. The summed E-state index contributed by atoms with van der Waals surface area (Å²) in [5, 5.41) is 6.49. The molecule has 1 rings (SSSR count). The summed E-state index contributed by atoms with van der Waals surface area (Å²) in [6.07, 6.45) is 2.27. The standard InChI is InChI=1S/C18H31N3O3.HI/c1-4-5-11-23-13-14-24-12-10-20-18(19-2)21-15-16-6-8-17(22-3)9-7-16;/h6-9H,4-5,10-15H2,1-3H3,(H2,19,20,21);1H. The Morgan fingerprint density at radius 2 is 1.68 bits per heavy atom. The first-order chi connectivity index (χ1) is 11.8. The van der Waals surface area contributed by atoms with Gasteiger partial charge < -0.3 is 24.8 Å². The number of ether oxygens (including phenoxy) is 3. The number of hydrogen-bond donors (Lipinski definition) is 2. The Hall–Kier alpha value is -1.06. The Kier molecular flexibility index (Phi) is 15.7. The molecular weight excluding hydrogens is 433 g/mol. The predicted octanol–water partition coefficient (Wildman–Crippen LogP) is 2.81. The molecule has 7 heteroatoms. The van der Waals surface area contributed by atoms with Gasteiger partial charge in [-0.3, -0.25) is 4.99 Å². The fourth-order valence-electron chi connectivity index (χ4n) is 1.96. The van der Waals surface area contributed by atoms with Crippen molar-refractivity contribution in [1.82, 2.24) is 10.6 Å². The van der Waals surface area contributed by atoms with Crippen molar-refractivity contribution in [1.29, 1.82) is 0 Å². The molecule has 0 aliphatic rings. The molecule has 0 radical (unpaired) electrons. The highest BCUT2D eigenvalue weighted by atomic mass is 127. The van der Waals surface area contributed by atoms with Crippen molar-refractivity contribution in [3.63, 3.8) is 0 Å². The number of benzene rings is 1. The van der Waals surface area contributed by atoms with Gasteiger partial charge in [0.2, 0.25) is 0 Å². The summed E-state index contributed by atoms with van der Waals surface area (Å²) in [7, 11) is 3.42. The zero-order valence-electron chi connectivity index (χ0n) is 15.5. The van der Waals surface area contributed by atoms with Gasteiger partial charge in [-0.1, -0.05) is 25.5 Å². The van der Waals surface area contributed by atoms with Gasteiger partial charge in [-0.15, -0.1) is 24.0 Å². The number of halogens is 1. The smallest absolute Gasteiger partial charge is 0.191 e. The van der Waals surface area contributed by atoms with Gasteiger partial charge in [0.15, 0.2) is 5.96 Å². The van der Waals surface area contributed by atoms with E-state index in [0.717, 1.165) is 31.2 Å². The lowest BCUT2D eigenvalue weighted by molar-refractivity contribution is 0.0487. The minimum atomic E-state index is 0. The Bertz CT molecular complexity index is 455. The molecule has 0 unspecified atom stereocenters. The number of nitrogens with zero attached hydrogens (tertiary/aromatic N) is 1. The third-order valence-electron chi connectivity index (χ3n) is 3.40. The van der Waals surface area contributed by atoms with Crippen LogP contribution >= 0.6 is 24.0 Å². The van der Waals surface area contributed by atoms with Crippen molar-refractivity contribution < 1.29 is 14.2 Å². The van der Waals surface area contributed by atoms with Gasteiger partial charge in [0.1, 0.15) is 5.75 Å². The largest absolute Gasteiger partial charge is 0.497 e. The van der Waals surface area contributed by atoms with E-state index in [4.69, 9.17) is 14.2 Å². The van der Waals surface area contributed by atoms with Crippen LogP contribution < -0.4 is 15.4 Å². The van der Waals surface area contributed by atoms with Gasteiger partial charge in [0.25, 0.3) is 0 Å². The van der Waals surface area contributed by atoms with Crippen LogP contribution in [0.3, 0.4) is 0 Å². The minimum absolute atomic E-state index is 0. The maximum absolute atomic E-state index is 5.51. The van der Waals surface area contributed by atoms with Gasteiger partial charge in [0.05, 0.1) is 26.9 Å². The van der Waals surface area contributed by atoms with E-state index in [0.29, 0.717) is 32.9 Å². The Morgan fingerprint density at radius 1 is 1.00 bits per heavy atom. The first kappa shape index (κ1) is 23.9. The van der Waals surface area contributed by atoms with Crippen LogP contribution in [0.1, 0.15) is 25.3 Å². The van der Waals surface area contributed by atoms with E-state index in [2.05, 4.69) is 22.5 Å². The quantitative estimate of drug-likeness (QED) is 0.215. The summed E-state index contributed by atoms with van der Waals surface area (Å²) in [5.74, 6) is 1.62. The Balaban J connectivity index is 0.00000576. The molecule has 0 atom stereocenters. The van der Waals surface area contributed by atoms with Crippen molar-refractivity contribution >= 4 is 29.9 Å². The summed E-state index contributed by atoms with van der Waals surface area (Å²) in [6, 6.07) is 7.95. The molecule has 1 aromatic carbocycles. The molecule has 0 fully saturated rings. The SMILES string of the molecule is CCCCOCCOCCNC(=NC)NCc1ccc(OC)cc1.I. The lowest BCUT2D eigenvalue weighted by atomic mass is 10.2. The number of rotatable bonds is 12. The second-order valence-corrected chi connectivity index (χ2v) is 5.28. The molecule has 6 nitrogen and oxygen atoms in total. The molecule has 2 N–H and O–H groups in total. The molecule has 0 spiro atoms. The summed E-state index contributed by atoms with van der Waals surface area (Å²) in [6.45, 7) is 6.29. The van der Waals surface area contributed by atoms with Crippen LogP contribution in [0.2, 0.25) is 0 Å². The number of unbranched alkanes of at least 4 members (excludes halogenated alkanes) is 1. The van der Waals surface area contributed by atoms with Gasteiger partial charge >= 0.3 is 0 Å². The highest BCUT2D eigenvalue weighted by molar-refractivity contribution is 14.0. The van der Waals surface area contributed by atoms with E-state index < -0.39 is 0 Å². The maximum Gasteiger partial charge on any atom is 0.191 e. The summed E-state index contributed by atoms with van der Waals surface area (Å²) < 4.78 is 16.1. The zero-order valence-corrected chi connectivity index (χ0v) is 17.9. The lowest BCUT2D eigenvalue weighted by Gasteiger charge is -2.12. The molecule has 144 valence electrons. The van der Waals surface area contributed by atoms with Crippen molar-refractivity contribution in [2.75, 3.05) is 47.1 Å². The van der Waals surface area contributed by atoms with E-state index >= 15 is 0 Å². The zero-order chi connectivity index (χ0) is 17.5. The van der Waals surface area contributed by atoms with Crippen LogP contribution in [0.15, 0.2) is 29.3 Å². The van der Waals surface area contributed by atoms with Crippen LogP contribution in [-0.2, 0) is 16.0 Å². The second-order valence-electron chi connectivity index (χ2n) is 5.28. The van der Waals surface area contributed by atoms with Crippen LogP contribution in [-0.4, -0.2) is 53.1 Å². The molecule has 0 amide bonds. The summed E-state index contributed by atoms with van der Waals surface area (Å²) in [4.78, 5) is 4.19. The molecule has 1 aromatic rings. The molecule has 0 aromatic heterocycles. The van der Waals surface area contributed by atoms with Crippen molar-refractivity contribution in [3.05, 3.63) is 29.8 Å².